The average Bonchev–Trinajstić information content (AvgIpc) is 2.72. The molecule has 0 spiro atoms. The first-order valence-electron chi connectivity index (χ1n) is 6.78. The zero-order valence-electron chi connectivity index (χ0n) is 11.4. The SMILES string of the molecule is CCCNC1C(=O)Nc2cc(OCCCO)c(Br)cc21. The van der Waals surface area contributed by atoms with Crippen LogP contribution in [0, 0.1) is 0 Å². The molecule has 6 heteroatoms. The van der Waals surface area contributed by atoms with Crippen LogP contribution in [0.25, 0.3) is 0 Å². The Balaban J connectivity index is 2.16. The van der Waals surface area contributed by atoms with Crippen molar-refractivity contribution < 1.29 is 14.6 Å². The third-order valence-corrected chi connectivity index (χ3v) is 3.71. The number of hydrogen-bond donors (Lipinski definition) is 3. The number of fused-ring (bicyclic) bond motifs is 1. The van der Waals surface area contributed by atoms with Gasteiger partial charge in [-0.1, -0.05) is 6.92 Å². The van der Waals surface area contributed by atoms with Crippen molar-refractivity contribution in [3.63, 3.8) is 0 Å². The maximum atomic E-state index is 12.0. The van der Waals surface area contributed by atoms with Crippen LogP contribution in [-0.4, -0.2) is 30.8 Å². The van der Waals surface area contributed by atoms with Crippen molar-refractivity contribution in [3.05, 3.63) is 22.2 Å². The summed E-state index contributed by atoms with van der Waals surface area (Å²) in [6.07, 6.45) is 1.55. The highest BCUT2D eigenvalue weighted by Crippen LogP contribution is 2.38. The van der Waals surface area contributed by atoms with Crippen LogP contribution < -0.4 is 15.4 Å². The summed E-state index contributed by atoms with van der Waals surface area (Å²) >= 11 is 3.46. The first kappa shape index (κ1) is 15.3. The third kappa shape index (κ3) is 3.31. The van der Waals surface area contributed by atoms with Gasteiger partial charge in [0, 0.05) is 30.3 Å². The second-order valence-corrected chi connectivity index (χ2v) is 5.53. The molecule has 20 heavy (non-hydrogen) atoms. The highest BCUT2D eigenvalue weighted by atomic mass is 79.9. The van der Waals surface area contributed by atoms with Crippen LogP contribution in [0.1, 0.15) is 31.4 Å². The minimum absolute atomic E-state index is 0.0344. The Morgan fingerprint density at radius 2 is 2.30 bits per heavy atom. The number of amides is 1. The number of anilines is 1. The number of nitrogens with one attached hydrogen (secondary N) is 2. The third-order valence-electron chi connectivity index (χ3n) is 3.09. The van der Waals surface area contributed by atoms with E-state index in [2.05, 4.69) is 33.5 Å². The van der Waals surface area contributed by atoms with E-state index in [1.165, 1.54) is 0 Å². The van der Waals surface area contributed by atoms with Crippen molar-refractivity contribution in [1.82, 2.24) is 5.32 Å². The molecule has 0 bridgehead atoms. The quantitative estimate of drug-likeness (QED) is 0.664. The van der Waals surface area contributed by atoms with Crippen LogP contribution in [0.4, 0.5) is 5.69 Å². The van der Waals surface area contributed by atoms with Crippen molar-refractivity contribution in [2.75, 3.05) is 25.1 Å². The Hall–Kier alpha value is -1.11. The predicted octanol–water partition coefficient (Wildman–Crippen LogP) is 2.20. The lowest BCUT2D eigenvalue weighted by atomic mass is 10.1. The number of hydrogen-bond acceptors (Lipinski definition) is 4. The molecule has 1 heterocycles. The number of halogens is 1. The monoisotopic (exact) mass is 342 g/mol. The zero-order valence-corrected chi connectivity index (χ0v) is 13.0. The summed E-state index contributed by atoms with van der Waals surface area (Å²) in [6.45, 7) is 3.40. The van der Waals surface area contributed by atoms with Gasteiger partial charge in [-0.05, 0) is 35.0 Å². The van der Waals surface area contributed by atoms with Gasteiger partial charge < -0.3 is 20.5 Å². The van der Waals surface area contributed by atoms with Crippen LogP contribution in [0.5, 0.6) is 5.75 Å². The van der Waals surface area contributed by atoms with Gasteiger partial charge in [0.2, 0.25) is 5.91 Å². The van der Waals surface area contributed by atoms with Crippen molar-refractivity contribution in [2.45, 2.75) is 25.8 Å². The Morgan fingerprint density at radius 1 is 1.50 bits per heavy atom. The van der Waals surface area contributed by atoms with E-state index >= 15 is 0 Å². The summed E-state index contributed by atoms with van der Waals surface area (Å²) < 4.78 is 6.39. The van der Waals surface area contributed by atoms with E-state index in [9.17, 15) is 4.79 Å². The molecule has 0 saturated carbocycles. The molecule has 0 aromatic heterocycles. The second-order valence-electron chi connectivity index (χ2n) is 4.67. The van der Waals surface area contributed by atoms with Crippen molar-refractivity contribution in [3.8, 4) is 5.75 Å². The number of carbonyl (C=O) groups excluding carboxylic acids is 1. The lowest BCUT2D eigenvalue weighted by Crippen LogP contribution is -2.28. The Labute approximate surface area is 126 Å². The van der Waals surface area contributed by atoms with Gasteiger partial charge in [-0.15, -0.1) is 0 Å². The maximum absolute atomic E-state index is 12.0. The lowest BCUT2D eigenvalue weighted by Gasteiger charge is -2.12. The highest BCUT2D eigenvalue weighted by molar-refractivity contribution is 9.10. The molecule has 1 aromatic rings. The molecule has 1 aliphatic rings. The summed E-state index contributed by atoms with van der Waals surface area (Å²) in [4.78, 5) is 12.0. The maximum Gasteiger partial charge on any atom is 0.246 e. The molecule has 110 valence electrons. The largest absolute Gasteiger partial charge is 0.492 e. The van der Waals surface area contributed by atoms with Gasteiger partial charge in [0.25, 0.3) is 0 Å². The molecule has 1 unspecified atom stereocenters. The molecule has 1 amide bonds. The van der Waals surface area contributed by atoms with E-state index in [0.29, 0.717) is 18.8 Å². The van der Waals surface area contributed by atoms with Crippen LogP contribution in [0.2, 0.25) is 0 Å². The summed E-state index contributed by atoms with van der Waals surface area (Å²) in [5.41, 5.74) is 1.72. The lowest BCUT2D eigenvalue weighted by molar-refractivity contribution is -0.117. The topological polar surface area (TPSA) is 70.6 Å². The molecule has 2 rings (SSSR count). The molecule has 0 aliphatic carbocycles. The first-order chi connectivity index (χ1) is 9.67. The van der Waals surface area contributed by atoms with Gasteiger partial charge in [0.1, 0.15) is 11.8 Å². The molecular formula is C14H19BrN2O3. The smallest absolute Gasteiger partial charge is 0.246 e. The molecule has 3 N–H and O–H groups in total. The highest BCUT2D eigenvalue weighted by Gasteiger charge is 2.31. The molecule has 1 aromatic carbocycles. The first-order valence-corrected chi connectivity index (χ1v) is 7.58. The van der Waals surface area contributed by atoms with E-state index in [4.69, 9.17) is 9.84 Å². The predicted molar refractivity (Wildman–Crippen MR) is 81.0 cm³/mol. The van der Waals surface area contributed by atoms with Crippen molar-refractivity contribution in [2.24, 2.45) is 0 Å². The summed E-state index contributed by atoms with van der Waals surface area (Å²) in [6, 6.07) is 3.43. The second kappa shape index (κ2) is 7.06. The number of benzene rings is 1. The molecule has 1 atom stereocenters. The number of aliphatic hydroxyl groups excluding tert-OH is 1. The fourth-order valence-electron chi connectivity index (χ4n) is 2.11. The fourth-order valence-corrected chi connectivity index (χ4v) is 2.59. The van der Waals surface area contributed by atoms with Gasteiger partial charge in [-0.3, -0.25) is 4.79 Å². The molecule has 1 aliphatic heterocycles. The molecule has 0 fully saturated rings. The van der Waals surface area contributed by atoms with Gasteiger partial charge in [-0.25, -0.2) is 0 Å². The Kier molecular flexibility index (Phi) is 5.39. The average molecular weight is 343 g/mol. The van der Waals surface area contributed by atoms with Gasteiger partial charge >= 0.3 is 0 Å². The van der Waals surface area contributed by atoms with Gasteiger partial charge in [0.15, 0.2) is 0 Å². The Bertz CT molecular complexity index is 494. The standard InChI is InChI=1S/C14H19BrN2O3/c1-2-4-16-13-9-7-10(15)12(20-6-3-5-18)8-11(9)17-14(13)19/h7-8,13,16,18H,2-6H2,1H3,(H,17,19). The minimum atomic E-state index is -0.298. The molecule has 0 radical (unpaired) electrons. The van der Waals surface area contributed by atoms with Crippen LogP contribution in [0.15, 0.2) is 16.6 Å². The van der Waals surface area contributed by atoms with E-state index in [1.807, 2.05) is 12.1 Å². The molecular weight excluding hydrogens is 324 g/mol. The van der Waals surface area contributed by atoms with E-state index in [0.717, 1.165) is 28.7 Å². The van der Waals surface area contributed by atoms with Crippen molar-refractivity contribution in [1.29, 1.82) is 0 Å². The number of rotatable bonds is 7. The van der Waals surface area contributed by atoms with E-state index in [1.54, 1.807) is 0 Å². The summed E-state index contributed by atoms with van der Waals surface area (Å²) in [5.74, 6) is 0.640. The van der Waals surface area contributed by atoms with Crippen LogP contribution in [0.3, 0.4) is 0 Å². The van der Waals surface area contributed by atoms with Crippen LogP contribution >= 0.6 is 15.9 Å². The number of aliphatic hydroxyl groups is 1. The van der Waals surface area contributed by atoms with E-state index < -0.39 is 0 Å². The van der Waals surface area contributed by atoms with E-state index in [-0.39, 0.29) is 18.6 Å². The molecule has 0 saturated heterocycles. The normalized spacial score (nSPS) is 16.9. The van der Waals surface area contributed by atoms with Crippen molar-refractivity contribution >= 4 is 27.5 Å². The minimum Gasteiger partial charge on any atom is -0.492 e. The molecule has 5 nitrogen and oxygen atoms in total. The van der Waals surface area contributed by atoms with Gasteiger partial charge in [-0.2, -0.15) is 0 Å². The summed E-state index contributed by atoms with van der Waals surface area (Å²) in [7, 11) is 0. The van der Waals surface area contributed by atoms with Crippen LogP contribution in [-0.2, 0) is 4.79 Å². The number of ether oxygens (including phenoxy) is 1. The number of carbonyl (C=O) groups is 1. The van der Waals surface area contributed by atoms with Gasteiger partial charge in [0.05, 0.1) is 11.1 Å². The zero-order chi connectivity index (χ0) is 14.5. The Morgan fingerprint density at radius 3 is 3.00 bits per heavy atom. The fraction of sp³-hybridized carbons (Fsp3) is 0.500. The summed E-state index contributed by atoms with van der Waals surface area (Å²) in [5, 5.41) is 14.9.